The Bertz CT molecular complexity index is 851. The van der Waals surface area contributed by atoms with E-state index in [0.29, 0.717) is 17.4 Å². The predicted molar refractivity (Wildman–Crippen MR) is 90.4 cm³/mol. The van der Waals surface area contributed by atoms with Crippen molar-refractivity contribution in [3.8, 4) is 0 Å². The fourth-order valence-electron chi connectivity index (χ4n) is 2.32. The van der Waals surface area contributed by atoms with Gasteiger partial charge >= 0.3 is 0 Å². The van der Waals surface area contributed by atoms with Crippen molar-refractivity contribution in [3.63, 3.8) is 0 Å². The van der Waals surface area contributed by atoms with Gasteiger partial charge in [0, 0.05) is 11.8 Å². The molecule has 0 radical (unpaired) electrons. The van der Waals surface area contributed by atoms with Gasteiger partial charge in [0.2, 0.25) is 0 Å². The Hall–Kier alpha value is -3.22. The summed E-state index contributed by atoms with van der Waals surface area (Å²) in [7, 11) is 0. The number of nitrogens with zero attached hydrogens (tertiary/aromatic N) is 3. The van der Waals surface area contributed by atoms with Crippen LogP contribution in [0.15, 0.2) is 40.9 Å². The van der Waals surface area contributed by atoms with E-state index in [0.717, 1.165) is 16.8 Å². The molecule has 0 saturated carbocycles. The van der Waals surface area contributed by atoms with Crippen molar-refractivity contribution < 1.29 is 9.32 Å². The molecule has 3 aromatic rings. The minimum atomic E-state index is -0.309. The van der Waals surface area contributed by atoms with Gasteiger partial charge in [0.15, 0.2) is 17.3 Å². The largest absolute Gasteiger partial charge is 0.360 e. The predicted octanol–water partition coefficient (Wildman–Crippen LogP) is 3.39. The molecule has 1 amide bonds. The molecule has 0 atom stereocenters. The number of benzene rings is 1. The summed E-state index contributed by atoms with van der Waals surface area (Å²) in [6.07, 6.45) is 0. The standard InChI is InChI=1S/C17H17N5O2/c1-10-6-11(2)8-13(7-10)18-17(23)14-4-5-15(21-20-14)19-16-9-12(3)24-22-16/h4-9H,1-3H3,(H,18,23)(H,19,21,22). The highest BCUT2D eigenvalue weighted by Crippen LogP contribution is 2.16. The SMILES string of the molecule is Cc1cc(C)cc(NC(=O)c2ccc(Nc3cc(C)on3)nn2)c1. The number of aromatic nitrogens is 3. The summed E-state index contributed by atoms with van der Waals surface area (Å²) in [5.41, 5.74) is 3.13. The van der Waals surface area contributed by atoms with Crippen LogP contribution in [0.5, 0.6) is 0 Å². The zero-order valence-corrected chi connectivity index (χ0v) is 13.6. The topological polar surface area (TPSA) is 92.9 Å². The van der Waals surface area contributed by atoms with Gasteiger partial charge in [-0.05, 0) is 56.2 Å². The summed E-state index contributed by atoms with van der Waals surface area (Å²) in [5.74, 6) is 1.40. The van der Waals surface area contributed by atoms with Crippen LogP contribution < -0.4 is 10.6 Å². The third kappa shape index (κ3) is 3.75. The number of amides is 1. The Balaban J connectivity index is 1.69. The summed E-state index contributed by atoms with van der Waals surface area (Å²) in [4.78, 5) is 12.2. The van der Waals surface area contributed by atoms with Gasteiger partial charge in [-0.15, -0.1) is 10.2 Å². The molecule has 3 rings (SSSR count). The third-order valence-electron chi connectivity index (χ3n) is 3.26. The molecule has 24 heavy (non-hydrogen) atoms. The van der Waals surface area contributed by atoms with Crippen LogP contribution in [0.1, 0.15) is 27.4 Å². The number of carbonyl (C=O) groups is 1. The van der Waals surface area contributed by atoms with E-state index in [4.69, 9.17) is 4.52 Å². The van der Waals surface area contributed by atoms with Gasteiger partial charge in [-0.1, -0.05) is 11.2 Å². The van der Waals surface area contributed by atoms with Gasteiger partial charge in [0.1, 0.15) is 5.76 Å². The molecule has 0 fully saturated rings. The first-order valence-electron chi connectivity index (χ1n) is 7.43. The van der Waals surface area contributed by atoms with Crippen molar-refractivity contribution in [1.82, 2.24) is 15.4 Å². The lowest BCUT2D eigenvalue weighted by atomic mass is 10.1. The van der Waals surface area contributed by atoms with Crippen LogP contribution >= 0.6 is 0 Å². The van der Waals surface area contributed by atoms with Gasteiger partial charge in [-0.3, -0.25) is 4.79 Å². The smallest absolute Gasteiger partial charge is 0.276 e. The van der Waals surface area contributed by atoms with Crippen molar-refractivity contribution in [1.29, 1.82) is 0 Å². The summed E-state index contributed by atoms with van der Waals surface area (Å²) in [5, 5.41) is 17.5. The minimum absolute atomic E-state index is 0.232. The Labute approximate surface area is 139 Å². The zero-order valence-electron chi connectivity index (χ0n) is 13.6. The van der Waals surface area contributed by atoms with Crippen LogP contribution in [0.2, 0.25) is 0 Å². The van der Waals surface area contributed by atoms with Gasteiger partial charge < -0.3 is 15.2 Å². The van der Waals surface area contributed by atoms with E-state index in [1.54, 1.807) is 25.1 Å². The molecule has 0 unspecified atom stereocenters. The molecule has 0 aliphatic carbocycles. The normalized spacial score (nSPS) is 10.5. The average molecular weight is 323 g/mol. The number of hydrogen-bond acceptors (Lipinski definition) is 6. The molecule has 7 heteroatoms. The highest BCUT2D eigenvalue weighted by atomic mass is 16.5. The Kier molecular flexibility index (Phi) is 4.24. The zero-order chi connectivity index (χ0) is 17.1. The lowest BCUT2D eigenvalue weighted by molar-refractivity contribution is 0.102. The molecule has 0 aliphatic heterocycles. The second-order valence-electron chi connectivity index (χ2n) is 5.58. The molecule has 2 N–H and O–H groups in total. The average Bonchev–Trinajstić information content (AvgIpc) is 2.92. The van der Waals surface area contributed by atoms with E-state index in [2.05, 4.69) is 26.0 Å². The number of anilines is 3. The van der Waals surface area contributed by atoms with E-state index >= 15 is 0 Å². The van der Waals surface area contributed by atoms with Crippen LogP contribution in [0.25, 0.3) is 0 Å². The van der Waals surface area contributed by atoms with Crippen molar-refractivity contribution in [3.05, 3.63) is 59.0 Å². The Morgan fingerprint density at radius 3 is 2.29 bits per heavy atom. The first-order chi connectivity index (χ1) is 11.5. The molecular weight excluding hydrogens is 306 g/mol. The molecule has 2 aromatic heterocycles. The molecule has 0 spiro atoms. The molecular formula is C17H17N5O2. The Morgan fingerprint density at radius 2 is 1.71 bits per heavy atom. The quantitative estimate of drug-likeness (QED) is 0.764. The van der Waals surface area contributed by atoms with Gasteiger partial charge in [-0.2, -0.15) is 0 Å². The van der Waals surface area contributed by atoms with Gasteiger partial charge in [-0.25, -0.2) is 0 Å². The van der Waals surface area contributed by atoms with Crippen LogP contribution in [0.3, 0.4) is 0 Å². The van der Waals surface area contributed by atoms with Crippen molar-refractivity contribution in [2.45, 2.75) is 20.8 Å². The number of carbonyl (C=O) groups excluding carboxylic acids is 1. The summed E-state index contributed by atoms with van der Waals surface area (Å²) < 4.78 is 4.96. The number of rotatable bonds is 4. The van der Waals surface area contributed by atoms with Crippen LogP contribution in [0, 0.1) is 20.8 Å². The summed E-state index contributed by atoms with van der Waals surface area (Å²) in [6.45, 7) is 5.76. The maximum Gasteiger partial charge on any atom is 0.276 e. The fourth-order valence-corrected chi connectivity index (χ4v) is 2.32. The second-order valence-corrected chi connectivity index (χ2v) is 5.58. The van der Waals surface area contributed by atoms with Crippen LogP contribution in [-0.2, 0) is 0 Å². The molecule has 1 aromatic carbocycles. The number of hydrogen-bond donors (Lipinski definition) is 2. The number of nitrogens with one attached hydrogen (secondary N) is 2. The maximum atomic E-state index is 12.2. The fraction of sp³-hybridized carbons (Fsp3) is 0.176. The Morgan fingerprint density at radius 1 is 0.958 bits per heavy atom. The number of aryl methyl sites for hydroxylation is 3. The third-order valence-corrected chi connectivity index (χ3v) is 3.26. The first-order valence-corrected chi connectivity index (χ1v) is 7.43. The summed E-state index contributed by atoms with van der Waals surface area (Å²) >= 11 is 0. The van der Waals surface area contributed by atoms with Crippen LogP contribution in [0.4, 0.5) is 17.3 Å². The lowest BCUT2D eigenvalue weighted by Gasteiger charge is -2.07. The lowest BCUT2D eigenvalue weighted by Crippen LogP contribution is -2.14. The van der Waals surface area contributed by atoms with Gasteiger partial charge in [0.25, 0.3) is 5.91 Å². The van der Waals surface area contributed by atoms with Crippen molar-refractivity contribution >= 4 is 23.2 Å². The van der Waals surface area contributed by atoms with Crippen molar-refractivity contribution in [2.75, 3.05) is 10.6 Å². The second kappa shape index (κ2) is 6.49. The van der Waals surface area contributed by atoms with E-state index in [1.807, 2.05) is 32.0 Å². The van der Waals surface area contributed by atoms with E-state index in [1.165, 1.54) is 0 Å². The van der Waals surface area contributed by atoms with E-state index in [9.17, 15) is 4.79 Å². The maximum absolute atomic E-state index is 12.2. The molecule has 2 heterocycles. The van der Waals surface area contributed by atoms with Crippen molar-refractivity contribution in [2.24, 2.45) is 0 Å². The molecule has 7 nitrogen and oxygen atoms in total. The monoisotopic (exact) mass is 323 g/mol. The molecule has 122 valence electrons. The van der Waals surface area contributed by atoms with Gasteiger partial charge in [0.05, 0.1) is 0 Å². The minimum Gasteiger partial charge on any atom is -0.360 e. The van der Waals surface area contributed by atoms with E-state index in [-0.39, 0.29) is 11.6 Å². The molecule has 0 saturated heterocycles. The summed E-state index contributed by atoms with van der Waals surface area (Å²) in [6, 6.07) is 10.8. The van der Waals surface area contributed by atoms with Crippen LogP contribution in [-0.4, -0.2) is 21.3 Å². The highest BCUT2D eigenvalue weighted by Gasteiger charge is 2.10. The molecule has 0 bridgehead atoms. The highest BCUT2D eigenvalue weighted by molar-refractivity contribution is 6.02. The van der Waals surface area contributed by atoms with E-state index < -0.39 is 0 Å². The molecule has 0 aliphatic rings. The first kappa shape index (κ1) is 15.7.